The molecule has 0 radical (unpaired) electrons. The Balaban J connectivity index is 2.31. The van der Waals surface area contributed by atoms with Crippen LogP contribution < -0.4 is 5.73 Å². The Morgan fingerprint density at radius 2 is 2.29 bits per heavy atom. The molecule has 2 rings (SSSR count). The van der Waals surface area contributed by atoms with Gasteiger partial charge >= 0.3 is 5.97 Å². The minimum Gasteiger partial charge on any atom is -0.461 e. The van der Waals surface area contributed by atoms with Gasteiger partial charge in [-0.1, -0.05) is 6.92 Å². The van der Waals surface area contributed by atoms with Crippen molar-refractivity contribution in [3.8, 4) is 0 Å². The lowest BCUT2D eigenvalue weighted by molar-refractivity contribution is 0.0521. The maximum absolute atomic E-state index is 11.9. The number of nitrogens with two attached hydrogens (primary N) is 1. The second kappa shape index (κ2) is 6.76. The van der Waals surface area contributed by atoms with Crippen molar-refractivity contribution in [3.63, 3.8) is 0 Å². The van der Waals surface area contributed by atoms with Crippen molar-refractivity contribution in [2.45, 2.75) is 39.7 Å². The molecule has 0 bridgehead atoms. The quantitative estimate of drug-likeness (QED) is 0.833. The molecule has 2 N–H and O–H groups in total. The summed E-state index contributed by atoms with van der Waals surface area (Å²) < 4.78 is 6.96. The predicted molar refractivity (Wildman–Crippen MR) is 84.7 cm³/mol. The number of ether oxygens (including phenoxy) is 1. The number of imidazole rings is 1. The summed E-state index contributed by atoms with van der Waals surface area (Å²) in [6, 6.07) is 2.25. The Hall–Kier alpha value is -1.82. The molecule has 0 fully saturated rings. The van der Waals surface area contributed by atoms with Crippen LogP contribution in [0, 0.1) is 0 Å². The van der Waals surface area contributed by atoms with Crippen LogP contribution in [0.25, 0.3) is 0 Å². The number of anilines is 1. The van der Waals surface area contributed by atoms with Crippen LogP contribution in [0.15, 0.2) is 16.8 Å². The van der Waals surface area contributed by atoms with E-state index in [1.54, 1.807) is 18.3 Å². The van der Waals surface area contributed by atoms with E-state index in [1.807, 2.05) is 11.5 Å². The molecule has 0 spiro atoms. The zero-order chi connectivity index (χ0) is 15.4. The summed E-state index contributed by atoms with van der Waals surface area (Å²) in [6.45, 7) is 6.18. The smallest absolute Gasteiger partial charge is 0.360 e. The number of hydrogen-bond acceptors (Lipinski definition) is 5. The van der Waals surface area contributed by atoms with Gasteiger partial charge in [0.25, 0.3) is 0 Å². The molecule has 0 aliphatic carbocycles. The maximum atomic E-state index is 11.9. The number of thiophene rings is 1. The lowest BCUT2D eigenvalue weighted by Crippen LogP contribution is -2.15. The highest BCUT2D eigenvalue weighted by molar-refractivity contribution is 7.07. The van der Waals surface area contributed by atoms with Crippen molar-refractivity contribution in [1.29, 1.82) is 0 Å². The van der Waals surface area contributed by atoms with Crippen molar-refractivity contribution in [1.82, 2.24) is 9.55 Å². The van der Waals surface area contributed by atoms with Gasteiger partial charge in [0.05, 0.1) is 6.61 Å². The molecule has 21 heavy (non-hydrogen) atoms. The van der Waals surface area contributed by atoms with Crippen molar-refractivity contribution in [2.75, 3.05) is 12.3 Å². The van der Waals surface area contributed by atoms with Gasteiger partial charge in [0.2, 0.25) is 0 Å². The third-order valence-electron chi connectivity index (χ3n) is 3.36. The second-order valence-electron chi connectivity index (χ2n) is 4.89. The molecule has 0 aliphatic rings. The largest absolute Gasteiger partial charge is 0.461 e. The molecule has 1 unspecified atom stereocenters. The van der Waals surface area contributed by atoms with Gasteiger partial charge < -0.3 is 15.0 Å². The molecule has 0 aliphatic heterocycles. The monoisotopic (exact) mass is 307 g/mol. The Morgan fingerprint density at radius 1 is 1.52 bits per heavy atom. The van der Waals surface area contributed by atoms with Gasteiger partial charge in [0.1, 0.15) is 11.6 Å². The van der Waals surface area contributed by atoms with Crippen molar-refractivity contribution in [2.24, 2.45) is 0 Å². The first kappa shape index (κ1) is 15.6. The summed E-state index contributed by atoms with van der Waals surface area (Å²) in [4.78, 5) is 16.3. The van der Waals surface area contributed by atoms with Crippen LogP contribution in [-0.2, 0) is 17.6 Å². The summed E-state index contributed by atoms with van der Waals surface area (Å²) >= 11 is 1.68. The second-order valence-corrected chi connectivity index (χ2v) is 5.67. The van der Waals surface area contributed by atoms with Crippen LogP contribution in [0.2, 0.25) is 0 Å². The molecular weight excluding hydrogens is 286 g/mol. The molecule has 114 valence electrons. The van der Waals surface area contributed by atoms with E-state index in [4.69, 9.17) is 10.5 Å². The SMILES string of the molecule is CCOC(=O)c1nc(CC)n(C(C)Cc2ccsc2)c1N. The first-order valence-electron chi connectivity index (χ1n) is 7.13. The highest BCUT2D eigenvalue weighted by Gasteiger charge is 2.23. The summed E-state index contributed by atoms with van der Waals surface area (Å²) in [5.74, 6) is 0.762. The predicted octanol–water partition coefficient (Wildman–Crippen LogP) is 3.07. The number of esters is 1. The molecule has 0 saturated carbocycles. The standard InChI is InChI=1S/C15H21N3O2S/c1-4-12-17-13(15(19)20-5-2)14(16)18(12)10(3)8-11-6-7-21-9-11/h6-7,9-10H,4-5,8,16H2,1-3H3. The van der Waals surface area contributed by atoms with Gasteiger partial charge in [-0.25, -0.2) is 9.78 Å². The van der Waals surface area contributed by atoms with E-state index in [2.05, 4.69) is 28.7 Å². The van der Waals surface area contributed by atoms with E-state index in [1.165, 1.54) is 5.56 Å². The number of nitrogen functional groups attached to an aromatic ring is 1. The maximum Gasteiger partial charge on any atom is 0.360 e. The molecular formula is C15H21N3O2S. The lowest BCUT2D eigenvalue weighted by atomic mass is 10.1. The minimum absolute atomic E-state index is 0.144. The van der Waals surface area contributed by atoms with Crippen molar-refractivity contribution < 1.29 is 9.53 Å². The number of aromatic nitrogens is 2. The van der Waals surface area contributed by atoms with E-state index in [0.717, 1.165) is 18.7 Å². The molecule has 0 saturated heterocycles. The number of rotatable bonds is 6. The molecule has 1 atom stereocenters. The Labute approximate surface area is 128 Å². The normalized spacial score (nSPS) is 12.3. The third-order valence-corrected chi connectivity index (χ3v) is 4.09. The Bertz CT molecular complexity index is 605. The third kappa shape index (κ3) is 3.26. The van der Waals surface area contributed by atoms with Crippen LogP contribution >= 0.6 is 11.3 Å². The highest BCUT2D eigenvalue weighted by atomic mass is 32.1. The number of carbonyl (C=O) groups is 1. The highest BCUT2D eigenvalue weighted by Crippen LogP contribution is 2.25. The van der Waals surface area contributed by atoms with Crippen molar-refractivity contribution >= 4 is 23.1 Å². The summed E-state index contributed by atoms with van der Waals surface area (Å²) in [6.07, 6.45) is 1.58. The fourth-order valence-corrected chi connectivity index (χ4v) is 3.11. The summed E-state index contributed by atoms with van der Waals surface area (Å²) in [5.41, 5.74) is 7.63. The number of carbonyl (C=O) groups excluding carboxylic acids is 1. The van der Waals surface area contributed by atoms with Crippen molar-refractivity contribution in [3.05, 3.63) is 33.9 Å². The van der Waals surface area contributed by atoms with E-state index in [-0.39, 0.29) is 11.7 Å². The first-order valence-corrected chi connectivity index (χ1v) is 8.07. The van der Waals surface area contributed by atoms with Crippen LogP contribution in [0.5, 0.6) is 0 Å². The van der Waals surface area contributed by atoms with Crippen LogP contribution in [-0.4, -0.2) is 22.1 Å². The molecule has 5 nitrogen and oxygen atoms in total. The van der Waals surface area contributed by atoms with Gasteiger partial charge in [0, 0.05) is 12.5 Å². The van der Waals surface area contributed by atoms with Crippen LogP contribution in [0.3, 0.4) is 0 Å². The summed E-state index contributed by atoms with van der Waals surface area (Å²) in [7, 11) is 0. The van der Waals surface area contributed by atoms with Gasteiger partial charge in [-0.2, -0.15) is 11.3 Å². The number of hydrogen-bond donors (Lipinski definition) is 1. The Kier molecular flexibility index (Phi) is 5.01. The van der Waals surface area contributed by atoms with Gasteiger partial charge in [-0.15, -0.1) is 0 Å². The fraction of sp³-hybridized carbons (Fsp3) is 0.467. The van der Waals surface area contributed by atoms with Gasteiger partial charge in [-0.05, 0) is 42.7 Å². The topological polar surface area (TPSA) is 70.1 Å². The van der Waals surface area contributed by atoms with Crippen LogP contribution in [0.4, 0.5) is 5.82 Å². The Morgan fingerprint density at radius 3 is 2.86 bits per heavy atom. The average molecular weight is 307 g/mol. The molecule has 2 aromatic rings. The number of aryl methyl sites for hydroxylation is 1. The lowest BCUT2D eigenvalue weighted by Gasteiger charge is -2.17. The molecule has 2 aromatic heterocycles. The molecule has 2 heterocycles. The first-order chi connectivity index (χ1) is 10.1. The minimum atomic E-state index is -0.453. The van der Waals surface area contributed by atoms with Crippen LogP contribution in [0.1, 0.15) is 48.7 Å². The van der Waals surface area contributed by atoms with E-state index in [9.17, 15) is 4.79 Å². The zero-order valence-corrected chi connectivity index (χ0v) is 13.4. The zero-order valence-electron chi connectivity index (χ0n) is 12.6. The average Bonchev–Trinajstić information content (AvgIpc) is 3.06. The fourth-order valence-electron chi connectivity index (χ4n) is 2.43. The number of nitrogens with zero attached hydrogens (tertiary/aromatic N) is 2. The summed E-state index contributed by atoms with van der Waals surface area (Å²) in [5, 5.41) is 4.19. The van der Waals surface area contributed by atoms with Gasteiger partial charge in [0.15, 0.2) is 5.69 Å². The van der Waals surface area contributed by atoms with E-state index in [0.29, 0.717) is 12.4 Å². The van der Waals surface area contributed by atoms with E-state index >= 15 is 0 Å². The molecule has 0 amide bonds. The molecule has 6 heteroatoms. The van der Waals surface area contributed by atoms with Gasteiger partial charge in [-0.3, -0.25) is 0 Å². The molecule has 0 aromatic carbocycles. The van der Waals surface area contributed by atoms with E-state index < -0.39 is 5.97 Å².